The highest BCUT2D eigenvalue weighted by Gasteiger charge is 2.17. The molecule has 2 rings (SSSR count). The molecule has 104 valence electrons. The molecule has 0 saturated carbocycles. The largest absolute Gasteiger partial charge is 0.368 e. The summed E-state index contributed by atoms with van der Waals surface area (Å²) in [7, 11) is 2.04. The number of aromatic nitrogens is 1. The van der Waals surface area contributed by atoms with Gasteiger partial charge in [-0.15, -0.1) is 11.3 Å². The fraction of sp³-hybridized carbons (Fsp3) is 0.375. The number of benzene rings is 1. The molecule has 0 aliphatic carbocycles. The van der Waals surface area contributed by atoms with Gasteiger partial charge in [-0.25, -0.2) is 4.98 Å². The van der Waals surface area contributed by atoms with Crippen LogP contribution in [0.4, 0.5) is 5.69 Å². The van der Waals surface area contributed by atoms with Gasteiger partial charge in [0.2, 0.25) is 0 Å². The van der Waals surface area contributed by atoms with E-state index in [4.69, 9.17) is 10.2 Å². The van der Waals surface area contributed by atoms with Gasteiger partial charge in [-0.1, -0.05) is 20.8 Å². The summed E-state index contributed by atoms with van der Waals surface area (Å²) in [5.74, 6) is 0. The predicted molar refractivity (Wildman–Crippen MR) is 84.1 cm³/mol. The van der Waals surface area contributed by atoms with Gasteiger partial charge in [-0.05, 0) is 24.3 Å². The average molecular weight is 285 g/mol. The van der Waals surface area contributed by atoms with Crippen LogP contribution in [0.5, 0.6) is 0 Å². The third kappa shape index (κ3) is 3.37. The molecule has 0 bridgehead atoms. The lowest BCUT2D eigenvalue weighted by Gasteiger charge is -2.18. The standard InChI is InChI=1S/C16H19N3S/c1-16(2,3)14-11-20-15(18-14)10-19(4)13-7-5-12(9-17)6-8-13/h5-8,11H,10H2,1-4H3. The fourth-order valence-electron chi connectivity index (χ4n) is 1.81. The number of hydrogen-bond donors (Lipinski definition) is 0. The first-order chi connectivity index (χ1) is 9.40. The van der Waals surface area contributed by atoms with Gasteiger partial charge in [0.25, 0.3) is 0 Å². The van der Waals surface area contributed by atoms with Crippen LogP contribution in [0.15, 0.2) is 29.6 Å². The van der Waals surface area contributed by atoms with Gasteiger partial charge in [0.1, 0.15) is 5.01 Å². The minimum absolute atomic E-state index is 0.0990. The molecule has 0 aliphatic rings. The van der Waals surface area contributed by atoms with Crippen LogP contribution in [0.2, 0.25) is 0 Å². The minimum Gasteiger partial charge on any atom is -0.368 e. The Bertz CT molecular complexity index is 614. The summed E-state index contributed by atoms with van der Waals surface area (Å²) in [6.45, 7) is 7.31. The number of rotatable bonds is 3. The highest BCUT2D eigenvalue weighted by Crippen LogP contribution is 2.25. The topological polar surface area (TPSA) is 39.9 Å². The molecule has 0 spiro atoms. The Morgan fingerprint density at radius 1 is 1.25 bits per heavy atom. The molecule has 1 heterocycles. The zero-order valence-electron chi connectivity index (χ0n) is 12.3. The van der Waals surface area contributed by atoms with Crippen molar-refractivity contribution in [3.63, 3.8) is 0 Å². The number of anilines is 1. The highest BCUT2D eigenvalue weighted by molar-refractivity contribution is 7.09. The molecule has 0 amide bonds. The van der Waals surface area contributed by atoms with E-state index in [-0.39, 0.29) is 5.41 Å². The van der Waals surface area contributed by atoms with Crippen molar-refractivity contribution in [1.29, 1.82) is 5.26 Å². The zero-order chi connectivity index (χ0) is 14.8. The lowest BCUT2D eigenvalue weighted by atomic mass is 9.93. The summed E-state index contributed by atoms with van der Waals surface area (Å²) in [5.41, 5.74) is 3.02. The van der Waals surface area contributed by atoms with Crippen molar-refractivity contribution in [2.45, 2.75) is 32.7 Å². The number of nitriles is 1. The molecule has 1 aromatic carbocycles. The second-order valence-corrected chi connectivity index (χ2v) is 6.83. The van der Waals surface area contributed by atoms with Gasteiger partial charge in [-0.3, -0.25) is 0 Å². The quantitative estimate of drug-likeness (QED) is 0.857. The summed E-state index contributed by atoms with van der Waals surface area (Å²) in [4.78, 5) is 6.85. The van der Waals surface area contributed by atoms with Crippen LogP contribution in [0.25, 0.3) is 0 Å². The number of hydrogen-bond acceptors (Lipinski definition) is 4. The Balaban J connectivity index is 2.09. The Morgan fingerprint density at radius 3 is 2.40 bits per heavy atom. The average Bonchev–Trinajstić information content (AvgIpc) is 2.87. The molecule has 20 heavy (non-hydrogen) atoms. The lowest BCUT2D eigenvalue weighted by molar-refractivity contribution is 0.570. The van der Waals surface area contributed by atoms with Crippen molar-refractivity contribution >= 4 is 17.0 Å². The summed E-state index contributed by atoms with van der Waals surface area (Å²) in [6.07, 6.45) is 0. The molecule has 0 N–H and O–H groups in total. The molecular formula is C16H19N3S. The SMILES string of the molecule is CN(Cc1nc(C(C)(C)C)cs1)c1ccc(C#N)cc1. The molecule has 3 nitrogen and oxygen atoms in total. The molecule has 1 aromatic heterocycles. The maximum atomic E-state index is 8.81. The minimum atomic E-state index is 0.0990. The maximum absolute atomic E-state index is 8.81. The first kappa shape index (κ1) is 14.5. The van der Waals surface area contributed by atoms with Gasteiger partial charge in [0, 0.05) is 23.5 Å². The Hall–Kier alpha value is -1.86. The fourth-order valence-corrected chi connectivity index (χ4v) is 2.89. The highest BCUT2D eigenvalue weighted by atomic mass is 32.1. The van der Waals surface area contributed by atoms with Crippen LogP contribution >= 0.6 is 11.3 Å². The van der Waals surface area contributed by atoms with E-state index in [2.05, 4.69) is 37.1 Å². The molecule has 0 fully saturated rings. The van der Waals surface area contributed by atoms with E-state index in [1.165, 1.54) is 0 Å². The van der Waals surface area contributed by atoms with Crippen molar-refractivity contribution in [1.82, 2.24) is 4.98 Å². The van der Waals surface area contributed by atoms with Crippen molar-refractivity contribution in [3.8, 4) is 6.07 Å². The summed E-state index contributed by atoms with van der Waals surface area (Å²) in [5, 5.41) is 12.1. The Labute approximate surface area is 124 Å². The monoisotopic (exact) mass is 285 g/mol. The van der Waals surface area contributed by atoms with Crippen LogP contribution in [-0.4, -0.2) is 12.0 Å². The van der Waals surface area contributed by atoms with Gasteiger partial charge >= 0.3 is 0 Å². The summed E-state index contributed by atoms with van der Waals surface area (Å²) in [6, 6.07) is 9.76. The van der Waals surface area contributed by atoms with Gasteiger partial charge in [-0.2, -0.15) is 5.26 Å². The second kappa shape index (κ2) is 5.64. The van der Waals surface area contributed by atoms with Crippen LogP contribution in [0.1, 0.15) is 37.0 Å². The van der Waals surface area contributed by atoms with Crippen molar-refractivity contribution in [2.75, 3.05) is 11.9 Å². The molecule has 2 aromatic rings. The van der Waals surface area contributed by atoms with Crippen LogP contribution < -0.4 is 4.90 Å². The lowest BCUT2D eigenvalue weighted by Crippen LogP contribution is -2.17. The molecule has 0 unspecified atom stereocenters. The van der Waals surface area contributed by atoms with Crippen molar-refractivity contribution < 1.29 is 0 Å². The van der Waals surface area contributed by atoms with E-state index in [1.807, 2.05) is 31.3 Å². The zero-order valence-corrected chi connectivity index (χ0v) is 13.2. The predicted octanol–water partition coefficient (Wildman–Crippen LogP) is 3.95. The summed E-state index contributed by atoms with van der Waals surface area (Å²) >= 11 is 1.70. The second-order valence-electron chi connectivity index (χ2n) is 5.89. The third-order valence-electron chi connectivity index (χ3n) is 3.13. The Kier molecular flexibility index (Phi) is 4.10. The third-order valence-corrected chi connectivity index (χ3v) is 3.96. The van der Waals surface area contributed by atoms with Gasteiger partial charge in [0.15, 0.2) is 0 Å². The van der Waals surface area contributed by atoms with Crippen molar-refractivity contribution in [2.24, 2.45) is 0 Å². The molecule has 0 atom stereocenters. The van der Waals surface area contributed by atoms with E-state index >= 15 is 0 Å². The Morgan fingerprint density at radius 2 is 1.90 bits per heavy atom. The summed E-state index contributed by atoms with van der Waals surface area (Å²) < 4.78 is 0. The molecule has 0 aliphatic heterocycles. The van der Waals surface area contributed by atoms with Gasteiger partial charge < -0.3 is 4.90 Å². The van der Waals surface area contributed by atoms with E-state index in [9.17, 15) is 0 Å². The number of thiazole rings is 1. The molecule has 4 heteroatoms. The van der Waals surface area contributed by atoms with Crippen LogP contribution in [-0.2, 0) is 12.0 Å². The maximum Gasteiger partial charge on any atom is 0.112 e. The van der Waals surface area contributed by atoms with E-state index in [0.29, 0.717) is 5.56 Å². The molecular weight excluding hydrogens is 266 g/mol. The normalized spacial score (nSPS) is 11.2. The van der Waals surface area contributed by atoms with Crippen molar-refractivity contribution in [3.05, 3.63) is 45.9 Å². The van der Waals surface area contributed by atoms with E-state index < -0.39 is 0 Å². The van der Waals surface area contributed by atoms with Gasteiger partial charge in [0.05, 0.1) is 23.9 Å². The molecule has 0 saturated heterocycles. The molecule has 0 radical (unpaired) electrons. The first-order valence-electron chi connectivity index (χ1n) is 6.56. The van der Waals surface area contributed by atoms with E-state index in [1.54, 1.807) is 11.3 Å². The van der Waals surface area contributed by atoms with Crippen LogP contribution in [0.3, 0.4) is 0 Å². The number of nitrogens with zero attached hydrogens (tertiary/aromatic N) is 3. The van der Waals surface area contributed by atoms with E-state index in [0.717, 1.165) is 22.9 Å². The first-order valence-corrected chi connectivity index (χ1v) is 7.44. The smallest absolute Gasteiger partial charge is 0.112 e. The van der Waals surface area contributed by atoms with Crippen LogP contribution in [0, 0.1) is 11.3 Å².